The predicted molar refractivity (Wildman–Crippen MR) is 87.1 cm³/mol. The minimum atomic E-state index is 0.0873. The number of carbonyl (C=O) groups is 2. The molecule has 5 nitrogen and oxygen atoms in total. The van der Waals surface area contributed by atoms with Gasteiger partial charge in [-0.15, -0.1) is 0 Å². The van der Waals surface area contributed by atoms with Gasteiger partial charge in [-0.25, -0.2) is 0 Å². The van der Waals surface area contributed by atoms with E-state index in [1.807, 2.05) is 4.90 Å². The van der Waals surface area contributed by atoms with E-state index in [2.05, 4.69) is 32.3 Å². The fourth-order valence-electron chi connectivity index (χ4n) is 3.51. The van der Waals surface area contributed by atoms with Crippen LogP contribution < -0.4 is 0 Å². The fourth-order valence-corrected chi connectivity index (χ4v) is 3.51. The third-order valence-electron chi connectivity index (χ3n) is 4.80. The van der Waals surface area contributed by atoms with E-state index in [4.69, 9.17) is 0 Å². The van der Waals surface area contributed by atoms with Crippen LogP contribution in [0.25, 0.3) is 0 Å². The smallest absolute Gasteiger partial charge is 0.270 e. The van der Waals surface area contributed by atoms with E-state index >= 15 is 0 Å². The van der Waals surface area contributed by atoms with Crippen LogP contribution in [0.2, 0.25) is 0 Å². The fraction of sp³-hybridized carbons (Fsp3) is 0.647. The molecule has 1 fully saturated rings. The Bertz CT molecular complexity index is 581. The monoisotopic (exact) mass is 305 g/mol. The molecule has 0 radical (unpaired) electrons. The van der Waals surface area contributed by atoms with Crippen molar-refractivity contribution in [2.45, 2.75) is 47.6 Å². The lowest BCUT2D eigenvalue weighted by atomic mass is 10.1. The van der Waals surface area contributed by atoms with E-state index in [1.165, 1.54) is 11.3 Å². The molecule has 0 atom stereocenters. The molecule has 122 valence electrons. The molecule has 22 heavy (non-hydrogen) atoms. The molecule has 0 unspecified atom stereocenters. The Morgan fingerprint density at radius 2 is 1.55 bits per heavy atom. The van der Waals surface area contributed by atoms with Crippen molar-refractivity contribution in [2.75, 3.05) is 26.2 Å². The number of rotatable bonds is 3. The summed E-state index contributed by atoms with van der Waals surface area (Å²) in [7, 11) is 0. The van der Waals surface area contributed by atoms with E-state index in [0.29, 0.717) is 26.2 Å². The zero-order chi connectivity index (χ0) is 16.4. The maximum Gasteiger partial charge on any atom is 0.270 e. The second-order valence-corrected chi connectivity index (χ2v) is 5.93. The molecule has 1 aliphatic rings. The molecule has 0 aromatic carbocycles. The number of hydrogen-bond acceptors (Lipinski definition) is 2. The molecule has 0 aliphatic carbocycles. The summed E-state index contributed by atoms with van der Waals surface area (Å²) in [5, 5.41) is 0. The molecule has 1 aromatic heterocycles. The first-order chi connectivity index (χ1) is 10.4. The maximum absolute atomic E-state index is 13.0. The lowest BCUT2D eigenvalue weighted by molar-refractivity contribution is -0.130. The Labute approximate surface area is 132 Å². The Morgan fingerprint density at radius 3 is 2.00 bits per heavy atom. The summed E-state index contributed by atoms with van der Waals surface area (Å²) in [4.78, 5) is 28.1. The van der Waals surface area contributed by atoms with Gasteiger partial charge in [0.25, 0.3) is 5.91 Å². The highest BCUT2D eigenvalue weighted by Crippen LogP contribution is 2.24. The van der Waals surface area contributed by atoms with Crippen molar-refractivity contribution < 1.29 is 9.59 Å². The number of carbonyl (C=O) groups excluding carboxylic acids is 2. The van der Waals surface area contributed by atoms with Gasteiger partial charge < -0.3 is 14.4 Å². The third-order valence-corrected chi connectivity index (χ3v) is 4.80. The van der Waals surface area contributed by atoms with Gasteiger partial charge in [-0.3, -0.25) is 9.59 Å². The number of piperazine rings is 1. The second-order valence-electron chi connectivity index (χ2n) is 5.93. The Hall–Kier alpha value is -1.78. The average Bonchev–Trinajstić information content (AvgIpc) is 2.76. The highest BCUT2D eigenvalue weighted by molar-refractivity contribution is 5.95. The predicted octanol–water partition coefficient (Wildman–Crippen LogP) is 1.99. The molecule has 0 saturated carbocycles. The van der Waals surface area contributed by atoms with Crippen molar-refractivity contribution in [1.29, 1.82) is 0 Å². The lowest BCUT2D eigenvalue weighted by Gasteiger charge is -2.34. The van der Waals surface area contributed by atoms with Crippen LogP contribution in [-0.4, -0.2) is 52.4 Å². The van der Waals surface area contributed by atoms with Gasteiger partial charge in [0.15, 0.2) is 0 Å². The van der Waals surface area contributed by atoms with Gasteiger partial charge in [0.2, 0.25) is 5.91 Å². The molecule has 2 heterocycles. The second kappa shape index (κ2) is 6.55. The first kappa shape index (κ1) is 16.6. The average molecular weight is 305 g/mol. The van der Waals surface area contributed by atoms with Crippen molar-refractivity contribution in [3.05, 3.63) is 22.5 Å². The van der Waals surface area contributed by atoms with Gasteiger partial charge in [-0.1, -0.05) is 6.92 Å². The first-order valence-corrected chi connectivity index (χ1v) is 8.15. The van der Waals surface area contributed by atoms with Gasteiger partial charge >= 0.3 is 0 Å². The molecule has 1 aromatic rings. The molecule has 1 saturated heterocycles. The summed E-state index contributed by atoms with van der Waals surface area (Å²) in [6.07, 6.45) is 0.947. The Morgan fingerprint density at radius 1 is 1.00 bits per heavy atom. The molecule has 2 amide bonds. The van der Waals surface area contributed by atoms with Crippen LogP contribution in [0.5, 0.6) is 0 Å². The van der Waals surface area contributed by atoms with E-state index in [0.717, 1.165) is 24.2 Å². The van der Waals surface area contributed by atoms with Crippen LogP contribution in [-0.2, 0) is 17.8 Å². The summed E-state index contributed by atoms with van der Waals surface area (Å²) >= 11 is 0. The molecular formula is C17H27N3O2. The summed E-state index contributed by atoms with van der Waals surface area (Å²) in [6, 6.07) is 0. The topological polar surface area (TPSA) is 45.6 Å². The molecule has 0 N–H and O–H groups in total. The van der Waals surface area contributed by atoms with Crippen LogP contribution in [0.1, 0.15) is 48.1 Å². The first-order valence-electron chi connectivity index (χ1n) is 8.15. The third kappa shape index (κ3) is 2.76. The normalized spacial score (nSPS) is 15.3. The van der Waals surface area contributed by atoms with Crippen LogP contribution in [0.15, 0.2) is 0 Å². The Kier molecular flexibility index (Phi) is 4.94. The van der Waals surface area contributed by atoms with Gasteiger partial charge in [-0.2, -0.15) is 0 Å². The molecule has 0 bridgehead atoms. The van der Waals surface area contributed by atoms with Crippen LogP contribution >= 0.6 is 0 Å². The van der Waals surface area contributed by atoms with Crippen LogP contribution in [0.4, 0.5) is 0 Å². The summed E-state index contributed by atoms with van der Waals surface area (Å²) in [5.41, 5.74) is 4.43. The summed E-state index contributed by atoms with van der Waals surface area (Å²) in [6.45, 7) is 13.3. The van der Waals surface area contributed by atoms with Crippen molar-refractivity contribution in [3.8, 4) is 0 Å². The molecule has 2 rings (SSSR count). The number of amides is 2. The lowest BCUT2D eigenvalue weighted by Crippen LogP contribution is -2.50. The molecule has 1 aliphatic heterocycles. The van der Waals surface area contributed by atoms with Gasteiger partial charge in [-0.05, 0) is 38.3 Å². The standard InChI is InChI=1S/C17H27N3O2/c1-6-15-12(3)16(20(7-2)13(15)4)17(22)19-10-8-18(9-11-19)14(5)21/h6-11H2,1-5H3. The zero-order valence-corrected chi connectivity index (χ0v) is 14.4. The highest BCUT2D eigenvalue weighted by atomic mass is 16.2. The summed E-state index contributed by atoms with van der Waals surface area (Å²) < 4.78 is 2.13. The molecular weight excluding hydrogens is 278 g/mol. The number of nitrogens with zero attached hydrogens (tertiary/aromatic N) is 3. The van der Waals surface area contributed by atoms with E-state index in [9.17, 15) is 9.59 Å². The largest absolute Gasteiger partial charge is 0.341 e. The van der Waals surface area contributed by atoms with Crippen LogP contribution in [0.3, 0.4) is 0 Å². The number of hydrogen-bond donors (Lipinski definition) is 0. The highest BCUT2D eigenvalue weighted by Gasteiger charge is 2.28. The van der Waals surface area contributed by atoms with Crippen molar-refractivity contribution >= 4 is 11.8 Å². The van der Waals surface area contributed by atoms with Crippen molar-refractivity contribution in [3.63, 3.8) is 0 Å². The van der Waals surface area contributed by atoms with Crippen LogP contribution in [0, 0.1) is 13.8 Å². The minimum Gasteiger partial charge on any atom is -0.341 e. The Balaban J connectivity index is 2.26. The molecule has 5 heteroatoms. The van der Waals surface area contributed by atoms with E-state index in [-0.39, 0.29) is 11.8 Å². The van der Waals surface area contributed by atoms with Gasteiger partial charge in [0.05, 0.1) is 0 Å². The maximum atomic E-state index is 13.0. The van der Waals surface area contributed by atoms with E-state index < -0.39 is 0 Å². The summed E-state index contributed by atoms with van der Waals surface area (Å²) in [5.74, 6) is 0.190. The minimum absolute atomic E-state index is 0.0873. The van der Waals surface area contributed by atoms with Crippen molar-refractivity contribution in [2.24, 2.45) is 0 Å². The number of aromatic nitrogens is 1. The van der Waals surface area contributed by atoms with Gasteiger partial charge in [0, 0.05) is 45.3 Å². The van der Waals surface area contributed by atoms with E-state index in [1.54, 1.807) is 11.8 Å². The molecule has 0 spiro atoms. The SMILES string of the molecule is CCc1c(C)c(C(=O)N2CCN(C(C)=O)CC2)n(CC)c1C. The van der Waals surface area contributed by atoms with Gasteiger partial charge in [0.1, 0.15) is 5.69 Å². The quantitative estimate of drug-likeness (QED) is 0.857. The zero-order valence-electron chi connectivity index (χ0n) is 14.4. The van der Waals surface area contributed by atoms with Crippen molar-refractivity contribution in [1.82, 2.24) is 14.4 Å².